The zero-order valence-electron chi connectivity index (χ0n) is 10.0. The Morgan fingerprint density at radius 3 is 2.81 bits per heavy atom. The number of rotatable bonds is 5. The summed E-state index contributed by atoms with van der Waals surface area (Å²) < 4.78 is 1.98. The monoisotopic (exact) mass is 225 g/mol. The van der Waals surface area contributed by atoms with Crippen LogP contribution in [-0.2, 0) is 17.8 Å². The summed E-state index contributed by atoms with van der Waals surface area (Å²) >= 11 is 0. The van der Waals surface area contributed by atoms with Crippen LogP contribution < -0.4 is 5.73 Å². The van der Waals surface area contributed by atoms with E-state index in [9.17, 15) is 4.79 Å². The first-order chi connectivity index (χ1) is 7.36. The normalized spacial score (nSPS) is 14.8. The lowest BCUT2D eigenvalue weighted by atomic mass is 10.00. The Bertz CT molecular complexity index is 383. The molecule has 0 bridgehead atoms. The van der Waals surface area contributed by atoms with Crippen LogP contribution in [0.25, 0.3) is 0 Å². The number of hydrogen-bond acceptors (Lipinski definition) is 3. The maximum Gasteiger partial charge on any atom is 0.323 e. The van der Waals surface area contributed by atoms with Crippen LogP contribution in [0, 0.1) is 6.92 Å². The van der Waals surface area contributed by atoms with E-state index in [1.165, 1.54) is 6.92 Å². The van der Waals surface area contributed by atoms with Gasteiger partial charge in [0.2, 0.25) is 0 Å². The van der Waals surface area contributed by atoms with Gasteiger partial charge in [0.15, 0.2) is 0 Å². The van der Waals surface area contributed by atoms with E-state index in [-0.39, 0.29) is 0 Å². The third-order valence-corrected chi connectivity index (χ3v) is 2.66. The standard InChI is InChI=1S/C11H19N3O2/c1-4-9-13-8(2)7-14(9)6-5-11(3,12)10(15)16/h7H,4-6,12H2,1-3H3,(H,15,16). The van der Waals surface area contributed by atoms with E-state index in [1.54, 1.807) is 0 Å². The van der Waals surface area contributed by atoms with Crippen LogP contribution in [0.2, 0.25) is 0 Å². The number of carbonyl (C=O) groups is 1. The van der Waals surface area contributed by atoms with E-state index in [0.717, 1.165) is 17.9 Å². The second kappa shape index (κ2) is 4.65. The molecule has 1 aromatic heterocycles. The zero-order chi connectivity index (χ0) is 12.3. The molecule has 0 aliphatic heterocycles. The van der Waals surface area contributed by atoms with E-state index >= 15 is 0 Å². The third-order valence-electron chi connectivity index (χ3n) is 2.66. The lowest BCUT2D eigenvalue weighted by Gasteiger charge is -2.19. The van der Waals surface area contributed by atoms with Gasteiger partial charge in [0, 0.05) is 19.2 Å². The molecule has 0 amide bonds. The van der Waals surface area contributed by atoms with E-state index in [4.69, 9.17) is 10.8 Å². The summed E-state index contributed by atoms with van der Waals surface area (Å²) in [4.78, 5) is 15.2. The van der Waals surface area contributed by atoms with Crippen molar-refractivity contribution in [3.8, 4) is 0 Å². The molecule has 5 heteroatoms. The molecule has 0 aromatic carbocycles. The lowest BCUT2D eigenvalue weighted by molar-refractivity contribution is -0.143. The van der Waals surface area contributed by atoms with Gasteiger partial charge in [0.1, 0.15) is 11.4 Å². The van der Waals surface area contributed by atoms with Crippen LogP contribution in [0.4, 0.5) is 0 Å². The highest BCUT2D eigenvalue weighted by Crippen LogP contribution is 2.11. The van der Waals surface area contributed by atoms with Crippen LogP contribution in [0.1, 0.15) is 31.8 Å². The maximum absolute atomic E-state index is 10.9. The molecular formula is C11H19N3O2. The number of aromatic nitrogens is 2. The molecule has 0 radical (unpaired) electrons. The molecule has 0 spiro atoms. The van der Waals surface area contributed by atoms with Crippen LogP contribution in [0.5, 0.6) is 0 Å². The Kier molecular flexibility index (Phi) is 3.70. The van der Waals surface area contributed by atoms with Crippen LogP contribution in [0.15, 0.2) is 6.20 Å². The summed E-state index contributed by atoms with van der Waals surface area (Å²) in [5, 5.41) is 8.90. The number of aliphatic carboxylic acids is 1. The number of nitrogens with two attached hydrogens (primary N) is 1. The van der Waals surface area contributed by atoms with E-state index in [0.29, 0.717) is 13.0 Å². The van der Waals surface area contributed by atoms with E-state index in [2.05, 4.69) is 4.98 Å². The van der Waals surface area contributed by atoms with Gasteiger partial charge in [-0.1, -0.05) is 6.92 Å². The first kappa shape index (κ1) is 12.7. The van der Waals surface area contributed by atoms with Crippen molar-refractivity contribution in [2.45, 2.75) is 45.7 Å². The van der Waals surface area contributed by atoms with Crippen LogP contribution in [-0.4, -0.2) is 26.2 Å². The van der Waals surface area contributed by atoms with Gasteiger partial charge in [-0.3, -0.25) is 4.79 Å². The van der Waals surface area contributed by atoms with Gasteiger partial charge in [-0.25, -0.2) is 4.98 Å². The minimum atomic E-state index is -1.18. The minimum absolute atomic E-state index is 0.394. The summed E-state index contributed by atoms with van der Waals surface area (Å²) in [5.41, 5.74) is 5.44. The minimum Gasteiger partial charge on any atom is -0.480 e. The fourth-order valence-electron chi connectivity index (χ4n) is 1.53. The summed E-state index contributed by atoms with van der Waals surface area (Å²) in [5.74, 6) is 0.000995. The average Bonchev–Trinajstić information content (AvgIpc) is 2.56. The molecule has 0 saturated carbocycles. The van der Waals surface area contributed by atoms with E-state index in [1.807, 2.05) is 24.6 Å². The smallest absolute Gasteiger partial charge is 0.323 e. The van der Waals surface area contributed by atoms with Gasteiger partial charge < -0.3 is 15.4 Å². The van der Waals surface area contributed by atoms with Crippen molar-refractivity contribution in [1.82, 2.24) is 9.55 Å². The van der Waals surface area contributed by atoms with Crippen molar-refractivity contribution in [3.05, 3.63) is 17.7 Å². The molecule has 5 nitrogen and oxygen atoms in total. The molecular weight excluding hydrogens is 206 g/mol. The quantitative estimate of drug-likeness (QED) is 0.781. The molecule has 90 valence electrons. The van der Waals surface area contributed by atoms with Gasteiger partial charge in [-0.15, -0.1) is 0 Å². The van der Waals surface area contributed by atoms with Gasteiger partial charge in [-0.2, -0.15) is 0 Å². The van der Waals surface area contributed by atoms with Gasteiger partial charge >= 0.3 is 5.97 Å². The maximum atomic E-state index is 10.9. The van der Waals surface area contributed by atoms with Crippen molar-refractivity contribution in [2.75, 3.05) is 0 Å². The predicted molar refractivity (Wildman–Crippen MR) is 61.2 cm³/mol. The molecule has 0 fully saturated rings. The molecule has 1 aromatic rings. The molecule has 3 N–H and O–H groups in total. The highest BCUT2D eigenvalue weighted by Gasteiger charge is 2.27. The van der Waals surface area contributed by atoms with E-state index < -0.39 is 11.5 Å². The average molecular weight is 225 g/mol. The summed E-state index contributed by atoms with van der Waals surface area (Å²) in [7, 11) is 0. The number of nitrogens with zero attached hydrogens (tertiary/aromatic N) is 2. The van der Waals surface area contributed by atoms with Crippen LogP contribution in [0.3, 0.4) is 0 Å². The Morgan fingerprint density at radius 1 is 1.69 bits per heavy atom. The highest BCUT2D eigenvalue weighted by atomic mass is 16.4. The molecule has 0 saturated heterocycles. The lowest BCUT2D eigenvalue weighted by Crippen LogP contribution is -2.45. The zero-order valence-corrected chi connectivity index (χ0v) is 10.0. The van der Waals surface area contributed by atoms with Gasteiger partial charge in [0.05, 0.1) is 5.69 Å². The Morgan fingerprint density at radius 2 is 2.31 bits per heavy atom. The van der Waals surface area contributed by atoms with Crippen molar-refractivity contribution >= 4 is 5.97 Å². The SMILES string of the molecule is CCc1nc(C)cn1CCC(C)(N)C(=O)O. The predicted octanol–water partition coefficient (Wildman–Crippen LogP) is 0.946. The second-order valence-electron chi connectivity index (χ2n) is 4.32. The second-order valence-corrected chi connectivity index (χ2v) is 4.32. The summed E-state index contributed by atoms with van der Waals surface area (Å²) in [6, 6.07) is 0. The van der Waals surface area contributed by atoms with Crippen molar-refractivity contribution in [1.29, 1.82) is 0 Å². The first-order valence-corrected chi connectivity index (χ1v) is 5.41. The highest BCUT2D eigenvalue weighted by molar-refractivity contribution is 5.77. The molecule has 0 aliphatic rings. The summed E-state index contributed by atoms with van der Waals surface area (Å²) in [6.45, 7) is 6.07. The van der Waals surface area contributed by atoms with Gasteiger partial charge in [0.25, 0.3) is 0 Å². The largest absolute Gasteiger partial charge is 0.480 e. The molecule has 16 heavy (non-hydrogen) atoms. The Balaban J connectivity index is 2.71. The van der Waals surface area contributed by atoms with Crippen molar-refractivity contribution in [3.63, 3.8) is 0 Å². The topological polar surface area (TPSA) is 81.1 Å². The molecule has 1 unspecified atom stereocenters. The van der Waals surface area contributed by atoms with Gasteiger partial charge in [-0.05, 0) is 20.3 Å². The number of imidazole rings is 1. The summed E-state index contributed by atoms with van der Waals surface area (Å²) in [6.07, 6.45) is 3.16. The molecule has 0 aliphatic carbocycles. The van der Waals surface area contributed by atoms with Crippen molar-refractivity contribution in [2.24, 2.45) is 5.73 Å². The number of carboxylic acid groups (broad SMARTS) is 1. The molecule has 1 heterocycles. The van der Waals surface area contributed by atoms with Crippen molar-refractivity contribution < 1.29 is 9.90 Å². The third kappa shape index (κ3) is 2.82. The fraction of sp³-hybridized carbons (Fsp3) is 0.636. The molecule has 1 rings (SSSR count). The number of carboxylic acids is 1. The number of hydrogen-bond donors (Lipinski definition) is 2. The Labute approximate surface area is 95.3 Å². The molecule has 1 atom stereocenters. The Hall–Kier alpha value is -1.36. The first-order valence-electron chi connectivity index (χ1n) is 5.41. The fourth-order valence-corrected chi connectivity index (χ4v) is 1.53. The number of aryl methyl sites for hydroxylation is 3. The van der Waals surface area contributed by atoms with Crippen LogP contribution >= 0.6 is 0 Å².